The topological polar surface area (TPSA) is 17.1 Å². The summed E-state index contributed by atoms with van der Waals surface area (Å²) in [5.74, 6) is 0.149. The molecule has 0 amide bonds. The van der Waals surface area contributed by atoms with Gasteiger partial charge in [0.15, 0.2) is 5.78 Å². The van der Waals surface area contributed by atoms with Crippen molar-refractivity contribution in [2.45, 2.75) is 13.3 Å². The number of rotatable bonds is 2. The lowest BCUT2D eigenvalue weighted by molar-refractivity contribution is 0.0988. The van der Waals surface area contributed by atoms with E-state index in [1.807, 2.05) is 43.3 Å². The molecule has 2 aromatic carbocycles. The van der Waals surface area contributed by atoms with Crippen LogP contribution in [0.5, 0.6) is 0 Å². The molecule has 0 aliphatic carbocycles. The molecule has 69 valence electrons. The Morgan fingerprint density at radius 1 is 1.21 bits per heavy atom. The number of carbonyl (C=O) groups excluding carboxylic acids is 1. The van der Waals surface area contributed by atoms with Crippen molar-refractivity contribution in [1.82, 2.24) is 0 Å². The maximum absolute atomic E-state index is 11.4. The first-order valence-corrected chi connectivity index (χ1v) is 4.75. The van der Waals surface area contributed by atoms with E-state index in [0.717, 1.165) is 10.8 Å². The first kappa shape index (κ1) is 8.95. The molecular weight excluding hydrogens is 172 g/mol. The van der Waals surface area contributed by atoms with Crippen LogP contribution in [-0.2, 0) is 0 Å². The Morgan fingerprint density at radius 2 is 2.00 bits per heavy atom. The largest absolute Gasteiger partial charge is 0.294 e. The minimum absolute atomic E-state index is 0.149. The molecule has 1 radical (unpaired) electrons. The van der Waals surface area contributed by atoms with Gasteiger partial charge in [0.2, 0.25) is 0 Å². The van der Waals surface area contributed by atoms with Crippen LogP contribution in [0.15, 0.2) is 36.4 Å². The molecule has 14 heavy (non-hydrogen) atoms. The van der Waals surface area contributed by atoms with Gasteiger partial charge in [0.1, 0.15) is 0 Å². The zero-order valence-corrected chi connectivity index (χ0v) is 8.08. The third kappa shape index (κ3) is 1.53. The average molecular weight is 183 g/mol. The van der Waals surface area contributed by atoms with Gasteiger partial charge in [-0.3, -0.25) is 4.79 Å². The summed E-state index contributed by atoms with van der Waals surface area (Å²) < 4.78 is 0. The highest BCUT2D eigenvalue weighted by molar-refractivity contribution is 5.99. The average Bonchev–Trinajstić information content (AvgIpc) is 2.27. The zero-order valence-electron chi connectivity index (χ0n) is 8.08. The van der Waals surface area contributed by atoms with Gasteiger partial charge in [-0.15, -0.1) is 0 Å². The van der Waals surface area contributed by atoms with Crippen molar-refractivity contribution in [3.8, 4) is 0 Å². The summed E-state index contributed by atoms with van der Waals surface area (Å²) in [5, 5.41) is 2.13. The summed E-state index contributed by atoms with van der Waals surface area (Å²) in [6.45, 7) is 1.87. The van der Waals surface area contributed by atoms with Gasteiger partial charge in [-0.2, -0.15) is 0 Å². The molecule has 0 fully saturated rings. The van der Waals surface area contributed by atoms with Crippen LogP contribution in [0.25, 0.3) is 10.8 Å². The van der Waals surface area contributed by atoms with E-state index in [4.69, 9.17) is 0 Å². The Labute approximate surface area is 83.4 Å². The first-order chi connectivity index (χ1) is 6.81. The van der Waals surface area contributed by atoms with E-state index < -0.39 is 0 Å². The lowest BCUT2D eigenvalue weighted by Crippen LogP contribution is -1.95. The molecule has 1 heteroatoms. The van der Waals surface area contributed by atoms with Crippen molar-refractivity contribution in [3.05, 3.63) is 48.0 Å². The number of carbonyl (C=O) groups is 1. The normalized spacial score (nSPS) is 10.4. The second kappa shape index (κ2) is 3.62. The molecule has 0 bridgehead atoms. The summed E-state index contributed by atoms with van der Waals surface area (Å²) in [6.07, 6.45) is 0.537. The van der Waals surface area contributed by atoms with E-state index in [9.17, 15) is 4.79 Å². The van der Waals surface area contributed by atoms with Crippen LogP contribution < -0.4 is 0 Å². The molecule has 2 aromatic rings. The number of fused-ring (bicyclic) bond motifs is 1. The number of benzene rings is 2. The van der Waals surface area contributed by atoms with E-state index in [2.05, 4.69) is 6.07 Å². The molecule has 0 aromatic heterocycles. The molecule has 0 saturated heterocycles. The number of hydrogen-bond acceptors (Lipinski definition) is 1. The second-order valence-corrected chi connectivity index (χ2v) is 3.24. The lowest BCUT2D eigenvalue weighted by atomic mass is 10.0. The van der Waals surface area contributed by atoms with Crippen LogP contribution in [0.4, 0.5) is 0 Å². The van der Waals surface area contributed by atoms with Crippen molar-refractivity contribution in [3.63, 3.8) is 0 Å². The molecule has 0 unspecified atom stereocenters. The van der Waals surface area contributed by atoms with Gasteiger partial charge in [-0.1, -0.05) is 43.3 Å². The van der Waals surface area contributed by atoms with Crippen molar-refractivity contribution in [2.75, 3.05) is 0 Å². The zero-order chi connectivity index (χ0) is 9.97. The lowest BCUT2D eigenvalue weighted by Gasteiger charge is -2.00. The third-order valence-corrected chi connectivity index (χ3v) is 2.28. The summed E-state index contributed by atoms with van der Waals surface area (Å²) in [5.41, 5.74) is 0.686. The van der Waals surface area contributed by atoms with Crippen LogP contribution >= 0.6 is 0 Å². The Kier molecular flexibility index (Phi) is 2.32. The fraction of sp³-hybridized carbons (Fsp3) is 0.154. The van der Waals surface area contributed by atoms with Gasteiger partial charge in [0, 0.05) is 18.1 Å². The van der Waals surface area contributed by atoms with Gasteiger partial charge in [0.05, 0.1) is 0 Å². The SMILES string of the molecule is CCC(=O)c1[c]c2ccccc2cc1. The Morgan fingerprint density at radius 3 is 2.79 bits per heavy atom. The van der Waals surface area contributed by atoms with Gasteiger partial charge in [0.25, 0.3) is 0 Å². The molecule has 0 aliphatic heterocycles. The van der Waals surface area contributed by atoms with Crippen molar-refractivity contribution >= 4 is 16.6 Å². The van der Waals surface area contributed by atoms with Crippen molar-refractivity contribution in [1.29, 1.82) is 0 Å². The summed E-state index contributed by atoms with van der Waals surface area (Å²) >= 11 is 0. The summed E-state index contributed by atoms with van der Waals surface area (Å²) in [7, 11) is 0. The summed E-state index contributed by atoms with van der Waals surface area (Å²) in [4.78, 5) is 11.4. The van der Waals surface area contributed by atoms with E-state index >= 15 is 0 Å². The molecular formula is C13H11O. The van der Waals surface area contributed by atoms with Gasteiger partial charge >= 0.3 is 0 Å². The van der Waals surface area contributed by atoms with E-state index in [1.54, 1.807) is 0 Å². The van der Waals surface area contributed by atoms with E-state index in [-0.39, 0.29) is 5.78 Å². The Bertz CT molecular complexity index is 471. The second-order valence-electron chi connectivity index (χ2n) is 3.24. The highest BCUT2D eigenvalue weighted by Crippen LogP contribution is 2.15. The van der Waals surface area contributed by atoms with Gasteiger partial charge < -0.3 is 0 Å². The molecule has 0 N–H and O–H groups in total. The van der Waals surface area contributed by atoms with Gasteiger partial charge in [-0.05, 0) is 10.8 Å². The number of hydrogen-bond donors (Lipinski definition) is 0. The minimum Gasteiger partial charge on any atom is -0.294 e. The number of ketones is 1. The van der Waals surface area contributed by atoms with Crippen LogP contribution in [0.3, 0.4) is 0 Å². The predicted molar refractivity (Wildman–Crippen MR) is 57.4 cm³/mol. The van der Waals surface area contributed by atoms with E-state index in [0.29, 0.717) is 12.0 Å². The monoisotopic (exact) mass is 183 g/mol. The molecule has 0 saturated carbocycles. The smallest absolute Gasteiger partial charge is 0.163 e. The van der Waals surface area contributed by atoms with E-state index in [1.165, 1.54) is 0 Å². The van der Waals surface area contributed by atoms with Gasteiger partial charge in [-0.25, -0.2) is 0 Å². The maximum atomic E-state index is 11.4. The summed E-state index contributed by atoms with van der Waals surface area (Å²) in [6, 6.07) is 14.9. The standard InChI is InChI=1S/C13H11O/c1-2-13(14)12-8-7-10-5-3-4-6-11(10)9-12/h3-8H,2H2,1H3. The molecule has 0 spiro atoms. The predicted octanol–water partition coefficient (Wildman–Crippen LogP) is 3.23. The Balaban J connectivity index is 2.56. The number of Topliss-reactive ketones (excluding diaryl/α,β-unsaturated/α-hetero) is 1. The van der Waals surface area contributed by atoms with Crippen molar-refractivity contribution in [2.24, 2.45) is 0 Å². The van der Waals surface area contributed by atoms with Crippen LogP contribution in [0.1, 0.15) is 23.7 Å². The fourth-order valence-electron chi connectivity index (χ4n) is 1.47. The third-order valence-electron chi connectivity index (χ3n) is 2.28. The van der Waals surface area contributed by atoms with Crippen LogP contribution in [0, 0.1) is 6.07 Å². The van der Waals surface area contributed by atoms with Crippen molar-refractivity contribution < 1.29 is 4.79 Å². The van der Waals surface area contributed by atoms with Crippen LogP contribution in [-0.4, -0.2) is 5.78 Å². The Hall–Kier alpha value is -1.63. The molecule has 1 nitrogen and oxygen atoms in total. The fourth-order valence-corrected chi connectivity index (χ4v) is 1.47. The highest BCUT2D eigenvalue weighted by Gasteiger charge is 2.03. The maximum Gasteiger partial charge on any atom is 0.163 e. The quantitative estimate of drug-likeness (QED) is 0.653. The minimum atomic E-state index is 0.149. The molecule has 0 heterocycles. The molecule has 0 aliphatic rings. The molecule has 0 atom stereocenters. The molecule has 2 rings (SSSR count). The first-order valence-electron chi connectivity index (χ1n) is 4.75. The highest BCUT2D eigenvalue weighted by atomic mass is 16.1. The van der Waals surface area contributed by atoms with Crippen LogP contribution in [0.2, 0.25) is 0 Å².